The van der Waals surface area contributed by atoms with Gasteiger partial charge in [-0.25, -0.2) is 0 Å². The van der Waals surface area contributed by atoms with E-state index in [1.165, 1.54) is 0 Å². The van der Waals surface area contributed by atoms with Crippen LogP contribution < -0.4 is 10.6 Å². The zero-order chi connectivity index (χ0) is 16.8. The second kappa shape index (κ2) is 5.99. The van der Waals surface area contributed by atoms with Crippen LogP contribution in [0, 0.1) is 7.14 Å². The monoisotopic (exact) mass is 540 g/mol. The summed E-state index contributed by atoms with van der Waals surface area (Å²) in [4.78, 5) is 25.1. The van der Waals surface area contributed by atoms with Crippen LogP contribution in [-0.2, 0) is 9.59 Å². The predicted octanol–water partition coefficient (Wildman–Crippen LogP) is 3.28. The number of carbonyl (C=O) groups is 2. The lowest BCUT2D eigenvalue weighted by Gasteiger charge is -2.07. The van der Waals surface area contributed by atoms with Crippen molar-refractivity contribution in [2.24, 2.45) is 0 Å². The highest BCUT2D eigenvalue weighted by molar-refractivity contribution is 14.1. The van der Waals surface area contributed by atoms with Gasteiger partial charge in [0.05, 0.1) is 22.5 Å². The van der Waals surface area contributed by atoms with Crippen molar-refractivity contribution >= 4 is 68.4 Å². The van der Waals surface area contributed by atoms with Gasteiger partial charge in [-0.05, 0) is 80.6 Å². The molecule has 0 bridgehead atoms. The highest BCUT2D eigenvalue weighted by Gasteiger charge is 2.40. The molecule has 2 aromatic rings. The van der Waals surface area contributed by atoms with Gasteiger partial charge in [0.2, 0.25) is 0 Å². The first-order valence-electron chi connectivity index (χ1n) is 7.18. The van der Waals surface area contributed by atoms with E-state index >= 15 is 0 Å². The van der Waals surface area contributed by atoms with E-state index in [4.69, 9.17) is 0 Å². The van der Waals surface area contributed by atoms with Gasteiger partial charge in [-0.2, -0.15) is 0 Å². The summed E-state index contributed by atoms with van der Waals surface area (Å²) in [5.41, 5.74) is 3.67. The van der Waals surface area contributed by atoms with Crippen molar-refractivity contribution in [3.8, 4) is 0 Å². The molecule has 4 nitrogen and oxygen atoms in total. The minimum absolute atomic E-state index is 0.244. The Morgan fingerprint density at radius 2 is 1.08 bits per heavy atom. The molecule has 0 saturated heterocycles. The number of hydrogen-bond donors (Lipinski definition) is 2. The molecule has 4 rings (SSSR count). The van der Waals surface area contributed by atoms with Crippen molar-refractivity contribution in [1.82, 2.24) is 10.6 Å². The summed E-state index contributed by atoms with van der Waals surface area (Å²) in [5.74, 6) is -0.489. The number of rotatable bonds is 2. The van der Waals surface area contributed by atoms with Crippen LogP contribution in [-0.4, -0.2) is 11.8 Å². The van der Waals surface area contributed by atoms with Gasteiger partial charge < -0.3 is 10.6 Å². The molecule has 0 aliphatic carbocycles. The van der Waals surface area contributed by atoms with Crippen LogP contribution in [0.4, 0.5) is 0 Å². The molecule has 118 valence electrons. The van der Waals surface area contributed by atoms with E-state index < -0.39 is 0 Å². The van der Waals surface area contributed by atoms with Crippen LogP contribution in [0.15, 0.2) is 59.7 Å². The number of carbonyl (C=O) groups excluding carboxylic acids is 2. The second-order valence-electron chi connectivity index (χ2n) is 5.43. The Morgan fingerprint density at radius 1 is 0.667 bits per heavy atom. The summed E-state index contributed by atoms with van der Waals surface area (Å²) in [5, 5.41) is 5.72. The van der Waals surface area contributed by atoms with Crippen molar-refractivity contribution < 1.29 is 9.59 Å². The van der Waals surface area contributed by atoms with Crippen molar-refractivity contribution in [3.05, 3.63) is 77.9 Å². The maximum absolute atomic E-state index is 12.5. The van der Waals surface area contributed by atoms with E-state index in [9.17, 15) is 9.59 Å². The maximum atomic E-state index is 12.5. The topological polar surface area (TPSA) is 58.2 Å². The molecule has 24 heavy (non-hydrogen) atoms. The number of nitrogens with one attached hydrogen (secondary N) is 2. The fourth-order valence-electron chi connectivity index (χ4n) is 2.90. The summed E-state index contributed by atoms with van der Waals surface area (Å²) in [7, 11) is 0. The molecule has 0 radical (unpaired) electrons. The summed E-state index contributed by atoms with van der Waals surface area (Å²) in [6.45, 7) is 0. The second-order valence-corrected chi connectivity index (χ2v) is 7.92. The molecule has 0 unspecified atom stereocenters. The van der Waals surface area contributed by atoms with Gasteiger partial charge in [0.25, 0.3) is 11.8 Å². The fraction of sp³-hybridized carbons (Fsp3) is 0. The third-order valence-corrected chi connectivity index (χ3v) is 5.25. The molecule has 2 aliphatic heterocycles. The Labute approximate surface area is 165 Å². The third-order valence-electron chi connectivity index (χ3n) is 3.91. The number of hydrogen-bond acceptors (Lipinski definition) is 2. The van der Waals surface area contributed by atoms with E-state index in [1.807, 2.05) is 48.5 Å². The Balaban J connectivity index is 1.92. The average Bonchev–Trinajstić information content (AvgIpc) is 3.07. The summed E-state index contributed by atoms with van der Waals surface area (Å²) < 4.78 is 2.09. The summed E-state index contributed by atoms with van der Waals surface area (Å²) in [6, 6.07) is 15.4. The molecular formula is C18H10I2N2O2. The molecule has 6 heteroatoms. The van der Waals surface area contributed by atoms with Gasteiger partial charge in [0.15, 0.2) is 0 Å². The molecule has 0 spiro atoms. The molecule has 2 aliphatic rings. The van der Waals surface area contributed by atoms with Crippen molar-refractivity contribution in [2.45, 2.75) is 0 Å². The van der Waals surface area contributed by atoms with Gasteiger partial charge in [-0.1, -0.05) is 24.3 Å². The molecule has 2 N–H and O–H groups in total. The molecule has 2 heterocycles. The van der Waals surface area contributed by atoms with Crippen molar-refractivity contribution in [3.63, 3.8) is 0 Å². The van der Waals surface area contributed by atoms with Gasteiger partial charge in [0.1, 0.15) is 0 Å². The highest BCUT2D eigenvalue weighted by atomic mass is 127. The summed E-state index contributed by atoms with van der Waals surface area (Å²) >= 11 is 4.42. The molecule has 0 aromatic heterocycles. The van der Waals surface area contributed by atoms with Crippen LogP contribution >= 0.6 is 45.2 Å². The fourth-order valence-corrected chi connectivity index (χ4v) is 3.99. The SMILES string of the molecule is O=C1NC(c2cccc(I)c2)=C2C(=O)NC(c3cccc(I)c3)=C12. The molecular weight excluding hydrogens is 530 g/mol. The molecule has 2 amide bonds. The first-order chi connectivity index (χ1) is 11.5. The first-order valence-corrected chi connectivity index (χ1v) is 9.34. The quantitative estimate of drug-likeness (QED) is 0.576. The Bertz CT molecular complexity index is 897. The Hall–Kier alpha value is -1.68. The Morgan fingerprint density at radius 3 is 1.46 bits per heavy atom. The molecule has 2 aromatic carbocycles. The normalized spacial score (nSPS) is 16.4. The van der Waals surface area contributed by atoms with E-state index in [1.54, 1.807) is 0 Å². The van der Waals surface area contributed by atoms with E-state index in [0.717, 1.165) is 18.3 Å². The predicted molar refractivity (Wildman–Crippen MR) is 108 cm³/mol. The molecule has 0 fully saturated rings. The third kappa shape index (κ3) is 2.57. The van der Waals surface area contributed by atoms with E-state index in [-0.39, 0.29) is 11.8 Å². The van der Waals surface area contributed by atoms with E-state index in [2.05, 4.69) is 55.8 Å². The lowest BCUT2D eigenvalue weighted by molar-refractivity contribution is -0.117. The standard InChI is InChI=1S/C18H10I2N2O2/c19-11-5-1-3-9(7-11)15-13-14(18(24)21-15)16(22-17(13)23)10-4-2-6-12(20)8-10/h1-8H,(H,21,24)(H,22,23). The lowest BCUT2D eigenvalue weighted by atomic mass is 10.0. The van der Waals surface area contributed by atoms with Crippen molar-refractivity contribution in [2.75, 3.05) is 0 Å². The zero-order valence-corrected chi connectivity index (χ0v) is 16.5. The number of benzene rings is 2. The van der Waals surface area contributed by atoms with Crippen LogP contribution in [0.1, 0.15) is 11.1 Å². The van der Waals surface area contributed by atoms with Crippen LogP contribution in [0.5, 0.6) is 0 Å². The average molecular weight is 540 g/mol. The number of amides is 2. The number of fused-ring (bicyclic) bond motifs is 1. The highest BCUT2D eigenvalue weighted by Crippen LogP contribution is 2.37. The minimum atomic E-state index is -0.244. The Kier molecular flexibility index (Phi) is 3.95. The van der Waals surface area contributed by atoms with Gasteiger partial charge in [-0.3, -0.25) is 9.59 Å². The van der Waals surface area contributed by atoms with Crippen LogP contribution in [0.3, 0.4) is 0 Å². The van der Waals surface area contributed by atoms with Gasteiger partial charge >= 0.3 is 0 Å². The smallest absolute Gasteiger partial charge is 0.258 e. The van der Waals surface area contributed by atoms with Crippen LogP contribution in [0.2, 0.25) is 0 Å². The maximum Gasteiger partial charge on any atom is 0.258 e. The lowest BCUT2D eigenvalue weighted by Crippen LogP contribution is -2.21. The van der Waals surface area contributed by atoms with Crippen molar-refractivity contribution in [1.29, 1.82) is 0 Å². The van der Waals surface area contributed by atoms with Crippen LogP contribution in [0.25, 0.3) is 11.4 Å². The zero-order valence-electron chi connectivity index (χ0n) is 12.2. The van der Waals surface area contributed by atoms with E-state index in [0.29, 0.717) is 22.5 Å². The number of halogens is 2. The minimum Gasteiger partial charge on any atom is -0.321 e. The first kappa shape index (κ1) is 15.8. The molecule has 0 saturated carbocycles. The summed E-state index contributed by atoms with van der Waals surface area (Å²) in [6.07, 6.45) is 0. The van der Waals surface area contributed by atoms with Gasteiger partial charge in [-0.15, -0.1) is 0 Å². The largest absolute Gasteiger partial charge is 0.321 e. The van der Waals surface area contributed by atoms with Gasteiger partial charge in [0, 0.05) is 7.14 Å². The molecule has 0 atom stereocenters.